The third kappa shape index (κ3) is 2.96. The summed E-state index contributed by atoms with van der Waals surface area (Å²) in [5.41, 5.74) is 5.97. The summed E-state index contributed by atoms with van der Waals surface area (Å²) in [6.07, 6.45) is 5.59. The first-order valence-electron chi connectivity index (χ1n) is 6.79. The number of nitrogens with zero attached hydrogens (tertiary/aromatic N) is 1. The monoisotopic (exact) mass is 226 g/mol. The molecule has 1 saturated heterocycles. The lowest BCUT2D eigenvalue weighted by atomic mass is 10.0. The molecule has 0 radical (unpaired) electrons. The van der Waals surface area contributed by atoms with Crippen LogP contribution in [0.25, 0.3) is 0 Å². The third-order valence-corrected chi connectivity index (χ3v) is 3.89. The predicted molar refractivity (Wildman–Crippen MR) is 66.4 cm³/mol. The largest absolute Gasteiger partial charge is 0.377 e. The molecular weight excluding hydrogens is 200 g/mol. The van der Waals surface area contributed by atoms with Gasteiger partial charge in [0.05, 0.1) is 6.10 Å². The Morgan fingerprint density at radius 1 is 1.31 bits per heavy atom. The van der Waals surface area contributed by atoms with Crippen molar-refractivity contribution in [1.29, 1.82) is 0 Å². The van der Waals surface area contributed by atoms with Gasteiger partial charge >= 0.3 is 0 Å². The van der Waals surface area contributed by atoms with Crippen molar-refractivity contribution in [1.82, 2.24) is 4.90 Å². The summed E-state index contributed by atoms with van der Waals surface area (Å²) >= 11 is 0. The minimum Gasteiger partial charge on any atom is -0.377 e. The second kappa shape index (κ2) is 5.48. The van der Waals surface area contributed by atoms with Crippen LogP contribution in [-0.4, -0.2) is 42.8 Å². The van der Waals surface area contributed by atoms with Gasteiger partial charge in [0, 0.05) is 31.8 Å². The van der Waals surface area contributed by atoms with Crippen molar-refractivity contribution in [2.75, 3.05) is 19.7 Å². The zero-order chi connectivity index (χ0) is 11.5. The van der Waals surface area contributed by atoms with Crippen molar-refractivity contribution < 1.29 is 4.74 Å². The smallest absolute Gasteiger partial charge is 0.0743 e. The Hall–Kier alpha value is -0.120. The van der Waals surface area contributed by atoms with Gasteiger partial charge in [-0.2, -0.15) is 0 Å². The Bertz CT molecular complexity index is 210. The van der Waals surface area contributed by atoms with Crippen molar-refractivity contribution in [2.45, 2.75) is 57.7 Å². The maximum atomic E-state index is 5.97. The average Bonchev–Trinajstić information content (AvgIpc) is 2.91. The summed E-state index contributed by atoms with van der Waals surface area (Å²) in [4.78, 5) is 2.58. The fraction of sp³-hybridized carbons (Fsp3) is 1.00. The molecule has 0 spiro atoms. The van der Waals surface area contributed by atoms with E-state index in [4.69, 9.17) is 10.5 Å². The second-order valence-corrected chi connectivity index (χ2v) is 5.59. The normalized spacial score (nSPS) is 27.9. The molecule has 1 aliphatic carbocycles. The number of hydrogen-bond donors (Lipinski definition) is 1. The average molecular weight is 226 g/mol. The SMILES string of the molecule is CC(C)N(CC1CC1)C(CN)C1CCCO1. The molecule has 2 fully saturated rings. The van der Waals surface area contributed by atoms with E-state index in [-0.39, 0.29) is 0 Å². The Labute approximate surface area is 99.3 Å². The Morgan fingerprint density at radius 2 is 2.06 bits per heavy atom. The molecule has 16 heavy (non-hydrogen) atoms. The van der Waals surface area contributed by atoms with Crippen LogP contribution in [0.4, 0.5) is 0 Å². The molecule has 1 saturated carbocycles. The summed E-state index contributed by atoms with van der Waals surface area (Å²) in [5.74, 6) is 0.929. The van der Waals surface area contributed by atoms with Crippen LogP contribution >= 0.6 is 0 Å². The molecule has 2 rings (SSSR count). The quantitative estimate of drug-likeness (QED) is 0.748. The lowest BCUT2D eigenvalue weighted by molar-refractivity contribution is 0.0122. The van der Waals surface area contributed by atoms with Gasteiger partial charge in [-0.3, -0.25) is 4.90 Å². The first-order valence-corrected chi connectivity index (χ1v) is 6.79. The summed E-state index contributed by atoms with van der Waals surface area (Å²) < 4.78 is 5.82. The Kier molecular flexibility index (Phi) is 4.22. The van der Waals surface area contributed by atoms with Gasteiger partial charge in [0.15, 0.2) is 0 Å². The van der Waals surface area contributed by atoms with E-state index in [1.165, 1.54) is 32.2 Å². The van der Waals surface area contributed by atoms with Crippen molar-refractivity contribution >= 4 is 0 Å². The summed E-state index contributed by atoms with van der Waals surface area (Å²) in [6.45, 7) is 7.44. The van der Waals surface area contributed by atoms with Crippen LogP contribution in [0.1, 0.15) is 39.5 Å². The van der Waals surface area contributed by atoms with Crippen LogP contribution in [0.3, 0.4) is 0 Å². The highest BCUT2D eigenvalue weighted by Crippen LogP contribution is 2.32. The van der Waals surface area contributed by atoms with Gasteiger partial charge in [-0.25, -0.2) is 0 Å². The van der Waals surface area contributed by atoms with Crippen LogP contribution in [0.5, 0.6) is 0 Å². The fourth-order valence-electron chi connectivity index (χ4n) is 2.73. The van der Waals surface area contributed by atoms with Crippen LogP contribution in [0.2, 0.25) is 0 Å². The van der Waals surface area contributed by atoms with E-state index >= 15 is 0 Å². The molecule has 3 nitrogen and oxygen atoms in total. The molecule has 2 atom stereocenters. The Morgan fingerprint density at radius 3 is 2.50 bits per heavy atom. The fourth-order valence-corrected chi connectivity index (χ4v) is 2.73. The lowest BCUT2D eigenvalue weighted by Gasteiger charge is -2.37. The highest BCUT2D eigenvalue weighted by Gasteiger charge is 2.34. The molecule has 3 heteroatoms. The van der Waals surface area contributed by atoms with Crippen molar-refractivity contribution in [3.05, 3.63) is 0 Å². The predicted octanol–water partition coefficient (Wildman–Crippen LogP) is 1.61. The molecular formula is C13H26N2O. The standard InChI is InChI=1S/C13H26N2O/c1-10(2)15(9-11-5-6-11)12(8-14)13-4-3-7-16-13/h10-13H,3-9,14H2,1-2H3. The van der Waals surface area contributed by atoms with Gasteiger partial charge in [0.1, 0.15) is 0 Å². The highest BCUT2D eigenvalue weighted by atomic mass is 16.5. The van der Waals surface area contributed by atoms with Gasteiger partial charge in [-0.15, -0.1) is 0 Å². The van der Waals surface area contributed by atoms with E-state index in [0.29, 0.717) is 18.2 Å². The van der Waals surface area contributed by atoms with Crippen molar-refractivity contribution in [3.63, 3.8) is 0 Å². The zero-order valence-corrected chi connectivity index (χ0v) is 10.7. The van der Waals surface area contributed by atoms with Crippen molar-refractivity contribution in [3.8, 4) is 0 Å². The number of nitrogens with two attached hydrogens (primary N) is 1. The van der Waals surface area contributed by atoms with Crippen LogP contribution in [0.15, 0.2) is 0 Å². The molecule has 0 aromatic rings. The molecule has 0 bridgehead atoms. The van der Waals surface area contributed by atoms with Gasteiger partial charge in [0.2, 0.25) is 0 Å². The summed E-state index contributed by atoms with van der Waals surface area (Å²) in [6, 6.07) is 1.02. The number of hydrogen-bond acceptors (Lipinski definition) is 3. The minimum atomic E-state index is 0.381. The van der Waals surface area contributed by atoms with Gasteiger partial charge in [-0.05, 0) is 45.4 Å². The second-order valence-electron chi connectivity index (χ2n) is 5.59. The van der Waals surface area contributed by atoms with E-state index in [2.05, 4.69) is 18.7 Å². The van der Waals surface area contributed by atoms with Gasteiger partial charge in [0.25, 0.3) is 0 Å². The highest BCUT2D eigenvalue weighted by molar-refractivity contribution is 4.89. The topological polar surface area (TPSA) is 38.5 Å². The summed E-state index contributed by atoms with van der Waals surface area (Å²) in [7, 11) is 0. The number of rotatable bonds is 6. The molecule has 1 heterocycles. The Balaban J connectivity index is 1.95. The van der Waals surface area contributed by atoms with Crippen LogP contribution < -0.4 is 5.73 Å². The number of ether oxygens (including phenoxy) is 1. The van der Waals surface area contributed by atoms with Crippen LogP contribution in [-0.2, 0) is 4.74 Å². The molecule has 0 amide bonds. The van der Waals surface area contributed by atoms with E-state index in [1.807, 2.05) is 0 Å². The molecule has 2 unspecified atom stereocenters. The molecule has 2 N–H and O–H groups in total. The van der Waals surface area contributed by atoms with E-state index < -0.39 is 0 Å². The third-order valence-electron chi connectivity index (χ3n) is 3.89. The minimum absolute atomic E-state index is 0.381. The maximum absolute atomic E-state index is 5.97. The van der Waals surface area contributed by atoms with Gasteiger partial charge < -0.3 is 10.5 Å². The van der Waals surface area contributed by atoms with Gasteiger partial charge in [-0.1, -0.05) is 0 Å². The molecule has 0 aromatic heterocycles. The van der Waals surface area contributed by atoms with E-state index in [0.717, 1.165) is 19.1 Å². The first-order chi connectivity index (χ1) is 7.72. The maximum Gasteiger partial charge on any atom is 0.0743 e. The molecule has 2 aliphatic rings. The lowest BCUT2D eigenvalue weighted by Crippen LogP contribution is -2.51. The van der Waals surface area contributed by atoms with Crippen molar-refractivity contribution in [2.24, 2.45) is 11.7 Å². The van der Waals surface area contributed by atoms with E-state index in [9.17, 15) is 0 Å². The molecule has 1 aliphatic heterocycles. The first kappa shape index (κ1) is 12.3. The van der Waals surface area contributed by atoms with E-state index in [1.54, 1.807) is 0 Å². The van der Waals surface area contributed by atoms with Crippen LogP contribution in [0, 0.1) is 5.92 Å². The molecule has 94 valence electrons. The molecule has 0 aromatic carbocycles. The zero-order valence-electron chi connectivity index (χ0n) is 10.7. The summed E-state index contributed by atoms with van der Waals surface area (Å²) in [5, 5.41) is 0.